The number of nitrogens with zero attached hydrogens (tertiary/aromatic N) is 3. The van der Waals surface area contributed by atoms with Gasteiger partial charge in [-0.1, -0.05) is 42.5 Å². The van der Waals surface area contributed by atoms with Gasteiger partial charge in [-0.15, -0.1) is 0 Å². The molecule has 2 heterocycles. The third kappa shape index (κ3) is 5.56. The zero-order chi connectivity index (χ0) is 27.2. The number of nitrogens with one attached hydrogen (secondary N) is 1. The molecule has 0 spiro atoms. The number of hydrogen-bond donors (Lipinski definition) is 4. The average molecular weight is 523 g/mol. The standard InChI is InChI=1S/C27H30N4O7/c1-37-20-12-6-10-17(23(20)38-2)15-28-25(33)21-22(32)26(34)30-24(29-21)18-11-7-13-31(27(35)36)19(18)14-16-8-4-3-5-9-16/h3-6,8-10,12,18-19,32H,7,11,13-15H2,1-2H3,(H,28,33)(H,35,36)(H,29,30,34). The lowest BCUT2D eigenvalue weighted by Gasteiger charge is -2.39. The summed E-state index contributed by atoms with van der Waals surface area (Å²) in [6.45, 7) is 0.384. The van der Waals surface area contributed by atoms with Crippen LogP contribution in [0.15, 0.2) is 48.5 Å². The molecule has 2 amide bonds. The molecule has 1 saturated heterocycles. The molecule has 3 aromatic rings. The summed E-state index contributed by atoms with van der Waals surface area (Å²) in [5, 5.41) is 33.4. The molecule has 0 saturated carbocycles. The molecule has 2 aromatic carbocycles. The van der Waals surface area contributed by atoms with Crippen molar-refractivity contribution in [2.45, 2.75) is 37.8 Å². The average Bonchev–Trinajstić information content (AvgIpc) is 2.93. The Kier molecular flexibility index (Phi) is 8.15. The molecule has 38 heavy (non-hydrogen) atoms. The topological polar surface area (TPSA) is 154 Å². The number of rotatable bonds is 8. The second kappa shape index (κ2) is 11.7. The summed E-state index contributed by atoms with van der Waals surface area (Å²) in [7, 11) is 2.99. The first-order valence-corrected chi connectivity index (χ1v) is 12.2. The van der Waals surface area contributed by atoms with Crippen LogP contribution in [0.25, 0.3) is 0 Å². The minimum absolute atomic E-state index is 0.0333. The maximum atomic E-state index is 13.1. The monoisotopic (exact) mass is 522 g/mol. The van der Waals surface area contributed by atoms with Crippen molar-refractivity contribution < 1.29 is 34.4 Å². The molecule has 11 nitrogen and oxygen atoms in total. The molecule has 4 N–H and O–H groups in total. The molecule has 200 valence electrons. The molecule has 1 aromatic heterocycles. The molecule has 0 bridgehead atoms. The lowest BCUT2D eigenvalue weighted by atomic mass is 9.84. The highest BCUT2D eigenvalue weighted by atomic mass is 16.5. The molecule has 0 aliphatic carbocycles. The molecule has 0 radical (unpaired) electrons. The van der Waals surface area contributed by atoms with Crippen LogP contribution in [0.5, 0.6) is 23.1 Å². The zero-order valence-electron chi connectivity index (χ0n) is 21.1. The fraction of sp³-hybridized carbons (Fsp3) is 0.333. The predicted molar refractivity (Wildman–Crippen MR) is 137 cm³/mol. The fourth-order valence-corrected chi connectivity index (χ4v) is 4.84. The number of benzene rings is 2. The number of piperidine rings is 1. The summed E-state index contributed by atoms with van der Waals surface area (Å²) in [5.41, 5.74) is 1.16. The summed E-state index contributed by atoms with van der Waals surface area (Å²) < 4.78 is 10.7. The van der Waals surface area contributed by atoms with Gasteiger partial charge in [0.05, 0.1) is 14.2 Å². The zero-order valence-corrected chi connectivity index (χ0v) is 21.1. The number of amides is 2. The van der Waals surface area contributed by atoms with E-state index < -0.39 is 41.3 Å². The maximum Gasteiger partial charge on any atom is 0.407 e. The van der Waals surface area contributed by atoms with E-state index in [4.69, 9.17) is 9.47 Å². The van der Waals surface area contributed by atoms with E-state index >= 15 is 0 Å². The van der Waals surface area contributed by atoms with Gasteiger partial charge in [-0.2, -0.15) is 4.98 Å². The third-order valence-corrected chi connectivity index (χ3v) is 6.67. The Hall–Kier alpha value is -4.54. The van der Waals surface area contributed by atoms with E-state index in [1.54, 1.807) is 18.2 Å². The lowest BCUT2D eigenvalue weighted by Crippen LogP contribution is -2.48. The van der Waals surface area contributed by atoms with E-state index in [2.05, 4.69) is 15.3 Å². The first kappa shape index (κ1) is 26.5. The highest BCUT2D eigenvalue weighted by Gasteiger charge is 2.38. The maximum absolute atomic E-state index is 13.1. The number of likely N-dealkylation sites (tertiary alicyclic amines) is 1. The van der Waals surface area contributed by atoms with E-state index in [0.717, 1.165) is 5.56 Å². The van der Waals surface area contributed by atoms with Crippen molar-refractivity contribution in [3.8, 4) is 23.1 Å². The summed E-state index contributed by atoms with van der Waals surface area (Å²) in [6.07, 6.45) is 0.446. The van der Waals surface area contributed by atoms with Crippen molar-refractivity contribution in [2.75, 3.05) is 20.8 Å². The van der Waals surface area contributed by atoms with Crippen molar-refractivity contribution in [2.24, 2.45) is 0 Å². The van der Waals surface area contributed by atoms with Crippen LogP contribution in [0.2, 0.25) is 0 Å². The van der Waals surface area contributed by atoms with Crippen LogP contribution in [0, 0.1) is 0 Å². The molecule has 11 heteroatoms. The summed E-state index contributed by atoms with van der Waals surface area (Å²) >= 11 is 0. The Bertz CT molecular complexity index is 1300. The van der Waals surface area contributed by atoms with Gasteiger partial charge in [-0.05, 0) is 30.9 Å². The molecule has 1 aliphatic rings. The highest BCUT2D eigenvalue weighted by molar-refractivity contribution is 5.95. The van der Waals surface area contributed by atoms with Crippen LogP contribution >= 0.6 is 0 Å². The fourth-order valence-electron chi connectivity index (χ4n) is 4.84. The van der Waals surface area contributed by atoms with Crippen LogP contribution in [-0.2, 0) is 13.0 Å². The molecular weight excluding hydrogens is 492 g/mol. The number of aromatic nitrogens is 2. The van der Waals surface area contributed by atoms with Gasteiger partial charge in [-0.25, -0.2) is 9.78 Å². The largest absolute Gasteiger partial charge is 0.501 e. The van der Waals surface area contributed by atoms with E-state index in [-0.39, 0.29) is 12.4 Å². The van der Waals surface area contributed by atoms with Gasteiger partial charge in [0.1, 0.15) is 5.82 Å². The Morgan fingerprint density at radius 3 is 2.50 bits per heavy atom. The number of methoxy groups -OCH3 is 2. The highest BCUT2D eigenvalue weighted by Crippen LogP contribution is 2.36. The van der Waals surface area contributed by atoms with Crippen molar-refractivity contribution in [1.82, 2.24) is 20.2 Å². The Morgan fingerprint density at radius 2 is 1.82 bits per heavy atom. The van der Waals surface area contributed by atoms with Crippen LogP contribution in [0.3, 0.4) is 0 Å². The SMILES string of the molecule is COc1cccc(CNC(=O)c2nc(C3CCCN(C(=O)O)C3Cc3ccccc3)nc(O)c2O)c1OC. The van der Waals surface area contributed by atoms with Gasteiger partial charge >= 0.3 is 6.09 Å². The Balaban J connectivity index is 1.63. The first-order valence-electron chi connectivity index (χ1n) is 12.2. The molecule has 1 fully saturated rings. The van der Waals surface area contributed by atoms with Crippen molar-refractivity contribution >= 4 is 12.0 Å². The number of aromatic hydroxyl groups is 2. The third-order valence-electron chi connectivity index (χ3n) is 6.67. The van der Waals surface area contributed by atoms with E-state index in [0.29, 0.717) is 42.9 Å². The summed E-state index contributed by atoms with van der Waals surface area (Å²) in [5.74, 6) is -1.71. The number of hydrogen-bond acceptors (Lipinski definition) is 8. The van der Waals surface area contributed by atoms with E-state index in [1.165, 1.54) is 19.1 Å². The number of ether oxygens (including phenoxy) is 2. The normalized spacial score (nSPS) is 17.1. The second-order valence-electron chi connectivity index (χ2n) is 8.92. The van der Waals surface area contributed by atoms with Crippen LogP contribution in [0.1, 0.15) is 46.2 Å². The lowest BCUT2D eigenvalue weighted by molar-refractivity contribution is 0.0916. The molecule has 2 unspecified atom stereocenters. The number of carboxylic acid groups (broad SMARTS) is 1. The number of para-hydroxylation sites is 1. The van der Waals surface area contributed by atoms with Gasteiger partial charge in [0, 0.05) is 30.6 Å². The van der Waals surface area contributed by atoms with Crippen molar-refractivity contribution in [3.63, 3.8) is 0 Å². The van der Waals surface area contributed by atoms with Crippen LogP contribution in [-0.4, -0.2) is 69.0 Å². The molecule has 2 atom stereocenters. The van der Waals surface area contributed by atoms with Gasteiger partial charge in [0.15, 0.2) is 17.2 Å². The number of carbonyl (C=O) groups is 2. The first-order chi connectivity index (χ1) is 18.3. The Morgan fingerprint density at radius 1 is 1.05 bits per heavy atom. The predicted octanol–water partition coefficient (Wildman–Crippen LogP) is 3.30. The van der Waals surface area contributed by atoms with Gasteiger partial charge in [-0.3, -0.25) is 4.79 Å². The molecule has 4 rings (SSSR count). The van der Waals surface area contributed by atoms with Crippen molar-refractivity contribution in [3.05, 3.63) is 71.2 Å². The van der Waals surface area contributed by atoms with Crippen LogP contribution in [0.4, 0.5) is 4.79 Å². The van der Waals surface area contributed by atoms with Crippen molar-refractivity contribution in [1.29, 1.82) is 0 Å². The number of carbonyl (C=O) groups excluding carboxylic acids is 1. The minimum atomic E-state index is -1.07. The quantitative estimate of drug-likeness (QED) is 0.349. The van der Waals surface area contributed by atoms with Gasteiger partial charge in [0.2, 0.25) is 5.75 Å². The van der Waals surface area contributed by atoms with E-state index in [9.17, 15) is 24.9 Å². The Labute approximate surface area is 219 Å². The molecule has 1 aliphatic heterocycles. The minimum Gasteiger partial charge on any atom is -0.501 e. The van der Waals surface area contributed by atoms with Gasteiger partial charge in [0.25, 0.3) is 11.8 Å². The second-order valence-corrected chi connectivity index (χ2v) is 8.92. The summed E-state index contributed by atoms with van der Waals surface area (Å²) in [4.78, 5) is 34.9. The molecular formula is C27H30N4O7. The van der Waals surface area contributed by atoms with E-state index in [1.807, 2.05) is 30.3 Å². The summed E-state index contributed by atoms with van der Waals surface area (Å²) in [6, 6.07) is 14.1. The smallest absolute Gasteiger partial charge is 0.407 e. The van der Waals surface area contributed by atoms with Crippen LogP contribution < -0.4 is 14.8 Å². The van der Waals surface area contributed by atoms with Gasteiger partial charge < -0.3 is 35.0 Å².